The third-order valence-corrected chi connectivity index (χ3v) is 3.80. The molecule has 106 valence electrons. The summed E-state index contributed by atoms with van der Waals surface area (Å²) in [5, 5.41) is 2.85. The van der Waals surface area contributed by atoms with Gasteiger partial charge in [0.1, 0.15) is 5.60 Å². The van der Waals surface area contributed by atoms with Crippen molar-refractivity contribution >= 4 is 44.6 Å². The summed E-state index contributed by atoms with van der Waals surface area (Å²) in [6.45, 7) is 7.54. The van der Waals surface area contributed by atoms with E-state index in [1.54, 1.807) is 0 Å². The second-order valence-electron chi connectivity index (χ2n) is 5.49. The first-order chi connectivity index (χ1) is 8.67. The van der Waals surface area contributed by atoms with E-state index in [9.17, 15) is 4.79 Å². The van der Waals surface area contributed by atoms with E-state index in [1.807, 2.05) is 33.8 Å². The van der Waals surface area contributed by atoms with E-state index in [0.29, 0.717) is 0 Å². The first-order valence-electron chi connectivity index (χ1n) is 6.11. The van der Waals surface area contributed by atoms with Crippen LogP contribution in [-0.2, 0) is 11.2 Å². The van der Waals surface area contributed by atoms with Crippen LogP contribution in [0.1, 0.15) is 33.3 Å². The van der Waals surface area contributed by atoms with Crippen LogP contribution in [0.25, 0.3) is 0 Å². The van der Waals surface area contributed by atoms with E-state index in [0.717, 1.165) is 10.9 Å². The van der Waals surface area contributed by atoms with E-state index in [4.69, 9.17) is 4.74 Å². The summed E-state index contributed by atoms with van der Waals surface area (Å²) in [5.41, 5.74) is 0.753. The highest BCUT2D eigenvalue weighted by atomic mass is 127. The van der Waals surface area contributed by atoms with Gasteiger partial charge in [0, 0.05) is 14.1 Å². The Labute approximate surface area is 136 Å². The Bertz CT molecular complexity index is 457. The smallest absolute Gasteiger partial charge is 0.407 e. The van der Waals surface area contributed by atoms with Gasteiger partial charge in [-0.25, -0.2) is 4.79 Å². The van der Waals surface area contributed by atoms with Crippen LogP contribution in [-0.4, -0.2) is 17.7 Å². The number of rotatable bonds is 3. The second kappa shape index (κ2) is 6.92. The molecule has 3 nitrogen and oxygen atoms in total. The average molecular weight is 440 g/mol. The summed E-state index contributed by atoms with van der Waals surface area (Å²) >= 11 is 5.74. The molecule has 0 bridgehead atoms. The topological polar surface area (TPSA) is 38.3 Å². The van der Waals surface area contributed by atoms with Gasteiger partial charge in [0.15, 0.2) is 0 Å². The lowest BCUT2D eigenvalue weighted by atomic mass is 10.1. The maximum absolute atomic E-state index is 11.7. The SMILES string of the molecule is CC(Cc1ccc(Br)cc1I)NC(=O)OC(C)(C)C. The van der Waals surface area contributed by atoms with Gasteiger partial charge in [0.05, 0.1) is 0 Å². The molecular weight excluding hydrogens is 421 g/mol. The Morgan fingerprint density at radius 1 is 1.47 bits per heavy atom. The number of halogens is 2. The summed E-state index contributed by atoms with van der Waals surface area (Å²) in [5.74, 6) is 0. The predicted octanol–water partition coefficient (Wildman–Crippen LogP) is 4.51. The molecule has 5 heteroatoms. The zero-order valence-electron chi connectivity index (χ0n) is 11.6. The van der Waals surface area contributed by atoms with Gasteiger partial charge in [-0.15, -0.1) is 0 Å². The maximum atomic E-state index is 11.7. The lowest BCUT2D eigenvalue weighted by Gasteiger charge is -2.22. The summed E-state index contributed by atoms with van der Waals surface area (Å²) in [4.78, 5) is 11.7. The summed E-state index contributed by atoms with van der Waals surface area (Å²) in [6, 6.07) is 6.18. The molecule has 0 aromatic heterocycles. The molecule has 0 spiro atoms. The van der Waals surface area contributed by atoms with E-state index >= 15 is 0 Å². The minimum Gasteiger partial charge on any atom is -0.444 e. The van der Waals surface area contributed by atoms with E-state index < -0.39 is 5.60 Å². The van der Waals surface area contributed by atoms with Gasteiger partial charge in [0.25, 0.3) is 0 Å². The Balaban J connectivity index is 2.55. The van der Waals surface area contributed by atoms with Gasteiger partial charge in [0.2, 0.25) is 0 Å². The zero-order chi connectivity index (χ0) is 14.6. The normalized spacial score (nSPS) is 12.9. The fourth-order valence-electron chi connectivity index (χ4n) is 1.58. The van der Waals surface area contributed by atoms with Crippen LogP contribution >= 0.6 is 38.5 Å². The molecule has 1 N–H and O–H groups in total. The van der Waals surface area contributed by atoms with Crippen LogP contribution < -0.4 is 5.32 Å². The van der Waals surface area contributed by atoms with Crippen LogP contribution in [0.2, 0.25) is 0 Å². The Morgan fingerprint density at radius 3 is 2.63 bits per heavy atom. The number of alkyl carbamates (subject to hydrolysis) is 1. The van der Waals surface area contributed by atoms with Gasteiger partial charge in [-0.1, -0.05) is 22.0 Å². The molecule has 1 aromatic rings. The lowest BCUT2D eigenvalue weighted by molar-refractivity contribution is 0.0508. The first-order valence-corrected chi connectivity index (χ1v) is 7.98. The van der Waals surface area contributed by atoms with Gasteiger partial charge in [-0.2, -0.15) is 0 Å². The van der Waals surface area contributed by atoms with Crippen molar-refractivity contribution in [1.29, 1.82) is 0 Å². The van der Waals surface area contributed by atoms with Crippen LogP contribution in [0.5, 0.6) is 0 Å². The molecule has 0 fully saturated rings. The predicted molar refractivity (Wildman–Crippen MR) is 89.4 cm³/mol. The Hall–Kier alpha value is -0.300. The molecule has 0 aliphatic carbocycles. The molecule has 1 amide bonds. The van der Waals surface area contributed by atoms with Gasteiger partial charge >= 0.3 is 6.09 Å². The monoisotopic (exact) mass is 439 g/mol. The van der Waals surface area contributed by atoms with E-state index in [2.05, 4.69) is 56.0 Å². The number of amides is 1. The third-order valence-electron chi connectivity index (χ3n) is 2.30. The molecular formula is C14H19BrINO2. The van der Waals surface area contributed by atoms with Crippen molar-refractivity contribution in [3.63, 3.8) is 0 Å². The van der Waals surface area contributed by atoms with Crippen LogP contribution in [0, 0.1) is 3.57 Å². The van der Waals surface area contributed by atoms with Crippen LogP contribution in [0.3, 0.4) is 0 Å². The van der Waals surface area contributed by atoms with Gasteiger partial charge < -0.3 is 10.1 Å². The molecule has 0 saturated carbocycles. The summed E-state index contributed by atoms with van der Waals surface area (Å²) in [6.07, 6.45) is 0.414. The van der Waals surface area contributed by atoms with Crippen molar-refractivity contribution in [3.05, 3.63) is 31.8 Å². The summed E-state index contributed by atoms with van der Waals surface area (Å²) in [7, 11) is 0. The molecule has 0 heterocycles. The van der Waals surface area contributed by atoms with Gasteiger partial charge in [-0.05, 0) is 74.4 Å². The largest absolute Gasteiger partial charge is 0.444 e. The molecule has 0 aliphatic heterocycles. The van der Waals surface area contributed by atoms with Crippen molar-refractivity contribution in [2.24, 2.45) is 0 Å². The van der Waals surface area contributed by atoms with E-state index in [-0.39, 0.29) is 12.1 Å². The van der Waals surface area contributed by atoms with Crippen LogP contribution in [0.4, 0.5) is 4.79 Å². The van der Waals surface area contributed by atoms with Crippen molar-refractivity contribution in [3.8, 4) is 0 Å². The standard InChI is InChI=1S/C14H19BrINO2/c1-9(17-13(18)19-14(2,3)4)7-10-5-6-11(15)8-12(10)16/h5-6,8-9H,7H2,1-4H3,(H,17,18). The fourth-order valence-corrected chi connectivity index (χ4v) is 3.10. The third kappa shape index (κ3) is 6.61. The highest BCUT2D eigenvalue weighted by Gasteiger charge is 2.18. The number of benzene rings is 1. The Kier molecular flexibility index (Phi) is 6.11. The van der Waals surface area contributed by atoms with Crippen molar-refractivity contribution in [2.75, 3.05) is 0 Å². The molecule has 0 saturated heterocycles. The first kappa shape index (κ1) is 16.8. The number of hydrogen-bond donors (Lipinski definition) is 1. The fraction of sp³-hybridized carbons (Fsp3) is 0.500. The van der Waals surface area contributed by atoms with E-state index in [1.165, 1.54) is 9.13 Å². The molecule has 1 rings (SSSR count). The molecule has 0 aliphatic rings. The maximum Gasteiger partial charge on any atom is 0.407 e. The van der Waals surface area contributed by atoms with Crippen molar-refractivity contribution in [1.82, 2.24) is 5.32 Å². The number of carbonyl (C=O) groups is 1. The number of nitrogens with one attached hydrogen (secondary N) is 1. The minimum absolute atomic E-state index is 0.0320. The molecule has 1 atom stereocenters. The molecule has 1 unspecified atom stereocenters. The number of ether oxygens (including phenoxy) is 1. The number of carbonyl (C=O) groups excluding carboxylic acids is 1. The average Bonchev–Trinajstić information content (AvgIpc) is 2.19. The lowest BCUT2D eigenvalue weighted by Crippen LogP contribution is -2.38. The van der Waals surface area contributed by atoms with Crippen molar-refractivity contribution < 1.29 is 9.53 Å². The minimum atomic E-state index is -0.462. The Morgan fingerprint density at radius 2 is 2.11 bits per heavy atom. The molecule has 1 aromatic carbocycles. The second-order valence-corrected chi connectivity index (χ2v) is 7.56. The van der Waals surface area contributed by atoms with Crippen LogP contribution in [0.15, 0.2) is 22.7 Å². The summed E-state index contributed by atoms with van der Waals surface area (Å²) < 4.78 is 7.48. The molecule has 19 heavy (non-hydrogen) atoms. The molecule has 0 radical (unpaired) electrons. The number of hydrogen-bond acceptors (Lipinski definition) is 2. The highest BCUT2D eigenvalue weighted by molar-refractivity contribution is 14.1. The highest BCUT2D eigenvalue weighted by Crippen LogP contribution is 2.19. The van der Waals surface area contributed by atoms with Gasteiger partial charge in [-0.3, -0.25) is 0 Å². The van der Waals surface area contributed by atoms with Crippen molar-refractivity contribution in [2.45, 2.75) is 45.8 Å². The zero-order valence-corrected chi connectivity index (χ0v) is 15.3. The quantitative estimate of drug-likeness (QED) is 0.703.